The van der Waals surface area contributed by atoms with Gasteiger partial charge in [0, 0.05) is 0 Å². The minimum Gasteiger partial charge on any atom is -0.302 e. The highest BCUT2D eigenvalue weighted by Gasteiger charge is 2.39. The van der Waals surface area contributed by atoms with E-state index >= 15 is 0 Å². The van der Waals surface area contributed by atoms with Crippen LogP contribution >= 0.6 is 103 Å². The smallest absolute Gasteiger partial charge is 0.302 e. The summed E-state index contributed by atoms with van der Waals surface area (Å²) < 4.78 is 17.7. The molecule has 11 heteroatoms. The largest absolute Gasteiger partial charge is 0.477 e. The average Bonchev–Trinajstić information content (AvgIpc) is 1.43. The molecule has 0 heterocycles. The van der Waals surface area contributed by atoms with E-state index in [1.807, 2.05) is 0 Å². The van der Waals surface area contributed by atoms with Crippen LogP contribution in [0.25, 0.3) is 0 Å². The van der Waals surface area contributed by atoms with Crippen molar-refractivity contribution in [3.63, 3.8) is 0 Å². The van der Waals surface area contributed by atoms with E-state index in [4.69, 9.17) is 4.89 Å². The summed E-state index contributed by atoms with van der Waals surface area (Å²) in [6.45, 7) is 0. The SMILES string of the molecule is O=P(O)(OC(Br)(Br)Br)OC(Br)(Br)Br. The van der Waals surface area contributed by atoms with E-state index in [2.05, 4.69) is 105 Å². The van der Waals surface area contributed by atoms with Crippen LogP contribution in [0.1, 0.15) is 0 Å². The number of phosphoric ester groups is 1. The fourth-order valence-corrected chi connectivity index (χ4v) is 4.13. The maximum atomic E-state index is 11.2. The fraction of sp³-hybridized carbons (Fsp3) is 1.00. The Morgan fingerprint density at radius 3 is 1.31 bits per heavy atom. The van der Waals surface area contributed by atoms with E-state index in [0.29, 0.717) is 0 Å². The first-order valence-corrected chi connectivity index (χ1v) is 8.54. The minimum absolute atomic E-state index is 1.31. The van der Waals surface area contributed by atoms with E-state index in [1.165, 1.54) is 0 Å². The van der Waals surface area contributed by atoms with E-state index in [1.54, 1.807) is 0 Å². The lowest BCUT2D eigenvalue weighted by Crippen LogP contribution is -2.11. The van der Waals surface area contributed by atoms with Crippen LogP contribution < -0.4 is 0 Å². The molecule has 0 unspecified atom stereocenters. The normalized spacial score (nSPS) is 14.7. The molecular formula is C2HBr6O4P. The van der Waals surface area contributed by atoms with Crippen molar-refractivity contribution in [3.05, 3.63) is 0 Å². The highest BCUT2D eigenvalue weighted by atomic mass is 80.0. The molecule has 0 saturated carbocycles. The lowest BCUT2D eigenvalue weighted by atomic mass is 11.7. The highest BCUT2D eigenvalue weighted by Crippen LogP contribution is 2.58. The monoisotopic (exact) mass is 593 g/mol. The molecule has 0 aliphatic heterocycles. The molecule has 1 N–H and O–H groups in total. The molecule has 0 aliphatic rings. The van der Waals surface area contributed by atoms with Gasteiger partial charge in [-0.15, -0.1) is 0 Å². The van der Waals surface area contributed by atoms with Crippen LogP contribution in [0, 0.1) is 0 Å². The van der Waals surface area contributed by atoms with Crippen LogP contribution in [0.15, 0.2) is 0 Å². The van der Waals surface area contributed by atoms with Crippen molar-refractivity contribution in [2.45, 2.75) is 4.66 Å². The van der Waals surface area contributed by atoms with Gasteiger partial charge in [-0.25, -0.2) is 13.6 Å². The summed E-state index contributed by atoms with van der Waals surface area (Å²) in [4.78, 5) is 9.12. The number of hydrogen-bond donors (Lipinski definition) is 1. The van der Waals surface area contributed by atoms with Crippen LogP contribution in [-0.4, -0.2) is 9.55 Å². The predicted octanol–water partition coefficient (Wildman–Crippen LogP) is 4.71. The average molecular weight is 599 g/mol. The van der Waals surface area contributed by atoms with Crippen LogP contribution in [0.3, 0.4) is 0 Å². The highest BCUT2D eigenvalue weighted by molar-refractivity contribution is 9.39. The van der Waals surface area contributed by atoms with E-state index in [-0.39, 0.29) is 0 Å². The first-order valence-electron chi connectivity index (χ1n) is 2.29. The Hall–Kier alpha value is 2.99. The van der Waals surface area contributed by atoms with Crippen LogP contribution in [0.4, 0.5) is 0 Å². The lowest BCUT2D eigenvalue weighted by Gasteiger charge is -2.21. The number of halogens is 6. The van der Waals surface area contributed by atoms with Gasteiger partial charge in [0.25, 0.3) is 0 Å². The molecule has 0 radical (unpaired) electrons. The summed E-state index contributed by atoms with van der Waals surface area (Å²) in [6, 6.07) is 0. The van der Waals surface area contributed by atoms with Gasteiger partial charge in [0.2, 0.25) is 4.66 Å². The summed E-state index contributed by atoms with van der Waals surface area (Å²) in [5.41, 5.74) is 0. The van der Waals surface area contributed by atoms with Crippen molar-refractivity contribution in [3.8, 4) is 0 Å². The Morgan fingerprint density at radius 2 is 1.15 bits per heavy atom. The molecule has 0 bridgehead atoms. The second-order valence-corrected chi connectivity index (χ2v) is 15.9. The summed E-state index contributed by atoms with van der Waals surface area (Å²) in [5.74, 6) is 0. The summed E-state index contributed by atoms with van der Waals surface area (Å²) in [7, 11) is -4.22. The Kier molecular flexibility index (Phi) is 6.83. The molecule has 0 aliphatic carbocycles. The number of hydrogen-bond acceptors (Lipinski definition) is 3. The number of phosphoric acid groups is 1. The van der Waals surface area contributed by atoms with Gasteiger partial charge in [-0.3, -0.25) is 0 Å². The zero-order chi connectivity index (χ0) is 10.9. The van der Waals surface area contributed by atoms with Crippen molar-refractivity contribution in [1.29, 1.82) is 0 Å². The Bertz CT molecular complexity index is 198. The fourth-order valence-electron chi connectivity index (χ4n) is 0.280. The summed E-state index contributed by atoms with van der Waals surface area (Å²) in [6.07, 6.45) is 0. The Morgan fingerprint density at radius 1 is 0.923 bits per heavy atom. The molecule has 0 spiro atoms. The maximum absolute atomic E-state index is 11.2. The zero-order valence-electron chi connectivity index (χ0n) is 5.39. The van der Waals surface area contributed by atoms with Gasteiger partial charge in [0.05, 0.1) is 0 Å². The first-order chi connectivity index (χ1) is 5.41. The minimum atomic E-state index is -4.22. The van der Waals surface area contributed by atoms with Gasteiger partial charge in [-0.1, -0.05) is 0 Å². The van der Waals surface area contributed by atoms with E-state index in [0.717, 1.165) is 0 Å². The molecular weight excluding hydrogens is 598 g/mol. The molecule has 0 atom stereocenters. The van der Waals surface area contributed by atoms with Crippen molar-refractivity contribution in [2.24, 2.45) is 0 Å². The zero-order valence-corrected chi connectivity index (χ0v) is 15.8. The first kappa shape index (κ1) is 16.0. The predicted molar refractivity (Wildman–Crippen MR) is 71.0 cm³/mol. The molecule has 0 saturated heterocycles. The van der Waals surface area contributed by atoms with Crippen molar-refractivity contribution >= 4 is 103 Å². The lowest BCUT2D eigenvalue weighted by molar-refractivity contribution is 0.169. The van der Waals surface area contributed by atoms with Crippen LogP contribution in [-0.2, 0) is 13.6 Å². The second kappa shape index (κ2) is 5.55. The molecule has 13 heavy (non-hydrogen) atoms. The molecule has 0 aromatic rings. The summed E-state index contributed by atoms with van der Waals surface area (Å²) >= 11 is 17.2. The van der Waals surface area contributed by atoms with E-state index < -0.39 is 12.5 Å². The molecule has 80 valence electrons. The van der Waals surface area contributed by atoms with Crippen LogP contribution in [0.2, 0.25) is 0 Å². The van der Waals surface area contributed by atoms with Crippen molar-refractivity contribution < 1.29 is 18.5 Å². The molecule has 0 aromatic carbocycles. The number of alkyl halides is 6. The van der Waals surface area contributed by atoms with Gasteiger partial charge >= 0.3 is 7.82 Å². The van der Waals surface area contributed by atoms with Crippen molar-refractivity contribution in [2.75, 3.05) is 0 Å². The standard InChI is InChI=1S/C2HBr6O4P/c3-1(4,5)11-13(9,10)12-2(6,7)8/h(H,9,10). The van der Waals surface area contributed by atoms with Gasteiger partial charge in [0.1, 0.15) is 0 Å². The second-order valence-electron chi connectivity index (χ2n) is 1.54. The van der Waals surface area contributed by atoms with Gasteiger partial charge < -0.3 is 4.89 Å². The third-order valence-electron chi connectivity index (χ3n) is 0.438. The molecule has 0 aromatic heterocycles. The number of rotatable bonds is 2. The molecule has 0 rings (SSSR count). The maximum Gasteiger partial charge on any atom is 0.477 e. The van der Waals surface area contributed by atoms with Gasteiger partial charge in [-0.05, 0) is 95.6 Å². The Labute approximate surface area is 125 Å². The molecule has 0 fully saturated rings. The summed E-state index contributed by atoms with van der Waals surface area (Å²) in [5, 5.41) is 0. The third kappa shape index (κ3) is 11.3. The van der Waals surface area contributed by atoms with Gasteiger partial charge in [-0.2, -0.15) is 0 Å². The van der Waals surface area contributed by atoms with Gasteiger partial charge in [0.15, 0.2) is 0 Å². The molecule has 0 amide bonds. The van der Waals surface area contributed by atoms with Crippen LogP contribution in [0.5, 0.6) is 0 Å². The third-order valence-corrected chi connectivity index (χ3v) is 3.92. The van der Waals surface area contributed by atoms with Crippen molar-refractivity contribution in [1.82, 2.24) is 0 Å². The quantitative estimate of drug-likeness (QED) is 0.369. The molecule has 4 nitrogen and oxygen atoms in total. The van der Waals surface area contributed by atoms with E-state index in [9.17, 15) is 4.57 Å². The topological polar surface area (TPSA) is 55.8 Å². The Balaban J connectivity index is 4.35.